The largest absolute Gasteiger partial charge is 0.394 e. The summed E-state index contributed by atoms with van der Waals surface area (Å²) < 4.78 is 7.62. The lowest BCUT2D eigenvalue weighted by Crippen LogP contribution is -2.13. The van der Waals surface area contributed by atoms with Crippen LogP contribution in [0.25, 0.3) is 0 Å². The van der Waals surface area contributed by atoms with Crippen molar-refractivity contribution < 1.29 is 9.84 Å². The third-order valence-corrected chi connectivity index (χ3v) is 3.32. The first-order valence-electron chi connectivity index (χ1n) is 6.41. The van der Waals surface area contributed by atoms with E-state index in [1.54, 1.807) is 12.3 Å². The second-order valence-corrected chi connectivity index (χ2v) is 4.84. The Labute approximate surface area is 117 Å². The first kappa shape index (κ1) is 14.2. The molecule has 6 heteroatoms. The zero-order valence-corrected chi connectivity index (χ0v) is 11.6. The molecule has 1 aliphatic rings. The number of aliphatic hydroxyl groups is 1. The van der Waals surface area contributed by atoms with Crippen LogP contribution >= 0.6 is 11.6 Å². The van der Waals surface area contributed by atoms with E-state index in [9.17, 15) is 0 Å². The van der Waals surface area contributed by atoms with Crippen molar-refractivity contribution in [1.82, 2.24) is 4.57 Å². The minimum Gasteiger partial charge on any atom is -0.394 e. The number of aliphatic imine (C=N–C) groups is 1. The molecule has 1 aliphatic heterocycles. The smallest absolute Gasteiger partial charge is 0.144 e. The van der Waals surface area contributed by atoms with Gasteiger partial charge in [-0.25, -0.2) is 4.99 Å². The molecule has 19 heavy (non-hydrogen) atoms. The molecule has 104 valence electrons. The third-order valence-electron chi connectivity index (χ3n) is 3.12. The van der Waals surface area contributed by atoms with Crippen molar-refractivity contribution in [3.05, 3.63) is 17.8 Å². The van der Waals surface area contributed by atoms with Gasteiger partial charge in [-0.3, -0.25) is 5.41 Å². The van der Waals surface area contributed by atoms with Crippen molar-refractivity contribution >= 4 is 28.8 Å². The Bertz CT molecular complexity index is 484. The van der Waals surface area contributed by atoms with Crippen LogP contribution in [0.5, 0.6) is 0 Å². The molecule has 0 bridgehead atoms. The molecule has 0 spiro atoms. The predicted molar refractivity (Wildman–Crippen MR) is 75.8 cm³/mol. The van der Waals surface area contributed by atoms with Gasteiger partial charge in [0, 0.05) is 12.4 Å². The summed E-state index contributed by atoms with van der Waals surface area (Å²) in [5, 5.41) is 16.7. The highest BCUT2D eigenvalue weighted by atomic mass is 35.5. The molecule has 2 rings (SSSR count). The van der Waals surface area contributed by atoms with E-state index in [1.165, 1.54) is 0 Å². The second-order valence-electron chi connectivity index (χ2n) is 4.47. The van der Waals surface area contributed by atoms with Gasteiger partial charge in [-0.1, -0.05) is 18.5 Å². The maximum absolute atomic E-state index is 9.12. The van der Waals surface area contributed by atoms with E-state index < -0.39 is 0 Å². The Morgan fingerprint density at radius 3 is 3.05 bits per heavy atom. The molecule has 0 aliphatic carbocycles. The Morgan fingerprint density at radius 1 is 1.68 bits per heavy atom. The Morgan fingerprint density at radius 2 is 2.47 bits per heavy atom. The molecule has 0 saturated carbocycles. The van der Waals surface area contributed by atoms with Gasteiger partial charge in [-0.2, -0.15) is 0 Å². The lowest BCUT2D eigenvalue weighted by atomic mass is 10.2. The minimum atomic E-state index is -0.147. The number of nitrogens with one attached hydrogen (secondary N) is 1. The Hall–Kier alpha value is -1.17. The summed E-state index contributed by atoms with van der Waals surface area (Å²) in [7, 11) is 0. The minimum absolute atomic E-state index is 0.0290. The zero-order valence-electron chi connectivity index (χ0n) is 10.8. The fourth-order valence-electron chi connectivity index (χ4n) is 2.18. The standard InChI is InChI=1S/C13H18ClN3O2/c1-2-6-16-13-10(12(14)15)5-7-17(13)11-4-3-9(8-18)19-11/h5-7,9,11,15,18H,2-4,8H2,1H3/b15-12?,16-6-. The van der Waals surface area contributed by atoms with Crippen LogP contribution in [0.2, 0.25) is 0 Å². The quantitative estimate of drug-likeness (QED) is 0.816. The van der Waals surface area contributed by atoms with Gasteiger partial charge in [0.15, 0.2) is 0 Å². The molecule has 2 atom stereocenters. The van der Waals surface area contributed by atoms with Crippen LogP contribution in [-0.2, 0) is 4.74 Å². The maximum atomic E-state index is 9.12. The van der Waals surface area contributed by atoms with Crippen LogP contribution in [0.1, 0.15) is 38.0 Å². The molecule has 2 heterocycles. The summed E-state index contributed by atoms with van der Waals surface area (Å²) in [6, 6.07) is 1.77. The average Bonchev–Trinajstić information content (AvgIpc) is 3.01. The van der Waals surface area contributed by atoms with Gasteiger partial charge in [-0.05, 0) is 25.3 Å². The molecule has 5 nitrogen and oxygen atoms in total. The number of rotatable bonds is 5. The van der Waals surface area contributed by atoms with Gasteiger partial charge >= 0.3 is 0 Å². The molecule has 1 aromatic rings. The van der Waals surface area contributed by atoms with Crippen molar-refractivity contribution in [2.45, 2.75) is 38.5 Å². The summed E-state index contributed by atoms with van der Waals surface area (Å²) in [5.41, 5.74) is 0.599. The number of halogens is 1. The number of hydrogen-bond donors (Lipinski definition) is 2. The average molecular weight is 284 g/mol. The number of hydrogen-bond acceptors (Lipinski definition) is 4. The van der Waals surface area contributed by atoms with E-state index in [2.05, 4.69) is 4.99 Å². The van der Waals surface area contributed by atoms with E-state index in [0.717, 1.165) is 19.3 Å². The van der Waals surface area contributed by atoms with Crippen LogP contribution in [0.3, 0.4) is 0 Å². The topological polar surface area (TPSA) is 70.6 Å². The SMILES string of the molecule is CC/C=N\c1c(C(=N)Cl)ccn1C1CCC(CO)O1. The lowest BCUT2D eigenvalue weighted by molar-refractivity contribution is -0.0213. The number of aromatic nitrogens is 1. The van der Waals surface area contributed by atoms with Crippen LogP contribution in [0, 0.1) is 5.41 Å². The van der Waals surface area contributed by atoms with Gasteiger partial charge in [0.1, 0.15) is 17.2 Å². The second kappa shape index (κ2) is 6.32. The number of ether oxygens (including phenoxy) is 1. The maximum Gasteiger partial charge on any atom is 0.144 e. The molecule has 0 radical (unpaired) electrons. The van der Waals surface area contributed by atoms with Crippen molar-refractivity contribution in [3.63, 3.8) is 0 Å². The molecular weight excluding hydrogens is 266 g/mol. The molecule has 1 fully saturated rings. The normalized spacial score (nSPS) is 23.3. The molecular formula is C13H18ClN3O2. The Kier molecular flexibility index (Phi) is 4.74. The summed E-state index contributed by atoms with van der Waals surface area (Å²) >= 11 is 5.78. The molecule has 1 saturated heterocycles. The highest BCUT2D eigenvalue weighted by molar-refractivity contribution is 6.69. The summed E-state index contributed by atoms with van der Waals surface area (Å²) in [5.74, 6) is 0.644. The van der Waals surface area contributed by atoms with Gasteiger partial charge < -0.3 is 14.4 Å². The van der Waals surface area contributed by atoms with E-state index in [1.807, 2.05) is 17.7 Å². The van der Waals surface area contributed by atoms with Crippen LogP contribution < -0.4 is 0 Å². The van der Waals surface area contributed by atoms with Gasteiger partial charge in [0.25, 0.3) is 0 Å². The first-order valence-corrected chi connectivity index (χ1v) is 6.79. The van der Waals surface area contributed by atoms with E-state index >= 15 is 0 Å². The van der Waals surface area contributed by atoms with Crippen molar-refractivity contribution in [2.24, 2.45) is 4.99 Å². The zero-order chi connectivity index (χ0) is 13.8. The molecule has 1 aromatic heterocycles. The first-order chi connectivity index (χ1) is 9.17. The monoisotopic (exact) mass is 283 g/mol. The van der Waals surface area contributed by atoms with Gasteiger partial charge in [0.2, 0.25) is 0 Å². The highest BCUT2D eigenvalue weighted by Crippen LogP contribution is 2.34. The van der Waals surface area contributed by atoms with E-state index in [0.29, 0.717) is 11.4 Å². The summed E-state index contributed by atoms with van der Waals surface area (Å²) in [4.78, 5) is 4.37. The fourth-order valence-corrected chi connectivity index (χ4v) is 2.33. The number of aliphatic hydroxyl groups excluding tert-OH is 1. The lowest BCUT2D eigenvalue weighted by Gasteiger charge is -2.16. The highest BCUT2D eigenvalue weighted by Gasteiger charge is 2.28. The third kappa shape index (κ3) is 3.05. The van der Waals surface area contributed by atoms with Gasteiger partial charge in [0.05, 0.1) is 18.3 Å². The van der Waals surface area contributed by atoms with Crippen LogP contribution in [-0.4, -0.2) is 33.8 Å². The van der Waals surface area contributed by atoms with Crippen molar-refractivity contribution in [1.29, 1.82) is 5.41 Å². The van der Waals surface area contributed by atoms with E-state index in [4.69, 9.17) is 26.9 Å². The van der Waals surface area contributed by atoms with Gasteiger partial charge in [-0.15, -0.1) is 0 Å². The van der Waals surface area contributed by atoms with Crippen LogP contribution in [0.15, 0.2) is 17.3 Å². The molecule has 0 amide bonds. The summed E-state index contributed by atoms with van der Waals surface area (Å²) in [6.45, 7) is 2.03. The van der Waals surface area contributed by atoms with Crippen molar-refractivity contribution in [2.75, 3.05) is 6.61 Å². The molecule has 2 N–H and O–H groups in total. The number of nitrogens with zero attached hydrogens (tertiary/aromatic N) is 2. The van der Waals surface area contributed by atoms with Crippen molar-refractivity contribution in [3.8, 4) is 0 Å². The van der Waals surface area contributed by atoms with Crippen LogP contribution in [0.4, 0.5) is 5.82 Å². The predicted octanol–water partition coefficient (Wildman–Crippen LogP) is 2.83. The summed E-state index contributed by atoms with van der Waals surface area (Å²) in [6.07, 6.45) is 5.81. The molecule has 2 unspecified atom stereocenters. The fraction of sp³-hybridized carbons (Fsp3) is 0.538. The molecule has 0 aromatic carbocycles. The van der Waals surface area contributed by atoms with E-state index in [-0.39, 0.29) is 24.1 Å². The Balaban J connectivity index is 2.30.